The number of carboxylic acid groups (broad SMARTS) is 1. The molecule has 1 aliphatic heterocycles. The Labute approximate surface area is 150 Å². The van der Waals surface area contributed by atoms with Crippen LogP contribution in [0, 0.1) is 0 Å². The number of hydrogen-bond donors (Lipinski definition) is 2. The van der Waals surface area contributed by atoms with Crippen molar-refractivity contribution < 1.29 is 19.4 Å². The van der Waals surface area contributed by atoms with Crippen LogP contribution in [-0.4, -0.2) is 57.7 Å². The van der Waals surface area contributed by atoms with Crippen molar-refractivity contribution in [3.05, 3.63) is 48.4 Å². The molecule has 3 rings (SSSR count). The van der Waals surface area contributed by atoms with Crippen molar-refractivity contribution >= 4 is 23.4 Å². The molecule has 8 nitrogen and oxygen atoms in total. The van der Waals surface area contributed by atoms with Crippen molar-refractivity contribution in [3.63, 3.8) is 0 Å². The van der Waals surface area contributed by atoms with E-state index in [1.165, 1.54) is 4.90 Å². The van der Waals surface area contributed by atoms with Gasteiger partial charge in [0.05, 0.1) is 6.20 Å². The smallest absolute Gasteiger partial charge is 0.323 e. The number of carbonyl (C=O) groups is 2. The molecular weight excluding hydrogens is 336 g/mol. The fourth-order valence-electron chi connectivity index (χ4n) is 2.92. The molecule has 26 heavy (non-hydrogen) atoms. The zero-order valence-electron chi connectivity index (χ0n) is 14.2. The summed E-state index contributed by atoms with van der Waals surface area (Å²) in [5, 5.41) is 12.3. The van der Waals surface area contributed by atoms with E-state index in [9.17, 15) is 14.7 Å². The van der Waals surface area contributed by atoms with Crippen LogP contribution in [0.1, 0.15) is 23.2 Å². The van der Waals surface area contributed by atoms with Crippen molar-refractivity contribution in [1.82, 2.24) is 14.9 Å². The number of rotatable bonds is 6. The topological polar surface area (TPSA) is 105 Å². The van der Waals surface area contributed by atoms with Gasteiger partial charge >= 0.3 is 5.97 Å². The third-order valence-electron chi connectivity index (χ3n) is 4.14. The number of ether oxygens (including phenoxy) is 1. The summed E-state index contributed by atoms with van der Waals surface area (Å²) < 4.78 is 5.32. The summed E-state index contributed by atoms with van der Waals surface area (Å²) >= 11 is 0. The van der Waals surface area contributed by atoms with Gasteiger partial charge in [-0.05, 0) is 31.0 Å². The average molecular weight is 356 g/mol. The number of nitrogens with zero attached hydrogens (tertiary/aromatic N) is 3. The first-order valence-corrected chi connectivity index (χ1v) is 8.37. The van der Waals surface area contributed by atoms with Crippen LogP contribution >= 0.6 is 0 Å². The summed E-state index contributed by atoms with van der Waals surface area (Å²) in [6.45, 7) is 0.732. The summed E-state index contributed by atoms with van der Waals surface area (Å²) in [6, 6.07) is 6.78. The van der Waals surface area contributed by atoms with E-state index >= 15 is 0 Å². The molecule has 0 atom stereocenters. The summed E-state index contributed by atoms with van der Waals surface area (Å²) in [6.07, 6.45) is 5.99. The van der Waals surface area contributed by atoms with Crippen molar-refractivity contribution in [2.45, 2.75) is 18.9 Å². The van der Waals surface area contributed by atoms with Crippen LogP contribution in [0.4, 0.5) is 11.5 Å². The maximum atomic E-state index is 13.0. The largest absolute Gasteiger partial charge is 0.480 e. The third kappa shape index (κ3) is 4.54. The quantitative estimate of drug-likeness (QED) is 0.815. The molecule has 2 aromatic rings. The average Bonchev–Trinajstić information content (AvgIpc) is 2.67. The van der Waals surface area contributed by atoms with E-state index < -0.39 is 5.97 Å². The predicted octanol–water partition coefficient (Wildman–Crippen LogP) is 1.93. The van der Waals surface area contributed by atoms with Gasteiger partial charge in [0.2, 0.25) is 0 Å². The maximum Gasteiger partial charge on any atom is 0.323 e. The Bertz CT molecular complexity index is 763. The fourth-order valence-corrected chi connectivity index (χ4v) is 2.92. The van der Waals surface area contributed by atoms with Crippen LogP contribution in [0.15, 0.2) is 42.9 Å². The predicted molar refractivity (Wildman–Crippen MR) is 94.3 cm³/mol. The highest BCUT2D eigenvalue weighted by molar-refractivity contribution is 5.97. The lowest BCUT2D eigenvalue weighted by Crippen LogP contribution is -2.46. The second-order valence-electron chi connectivity index (χ2n) is 5.97. The first kappa shape index (κ1) is 17.8. The Morgan fingerprint density at radius 3 is 2.77 bits per heavy atom. The fraction of sp³-hybridized carbons (Fsp3) is 0.333. The number of carboxylic acids is 1. The number of nitrogens with one attached hydrogen (secondary N) is 1. The summed E-state index contributed by atoms with van der Waals surface area (Å²) in [7, 11) is 0. The minimum Gasteiger partial charge on any atom is -0.480 e. The number of carbonyl (C=O) groups excluding carboxylic acids is 1. The normalized spacial score (nSPS) is 14.6. The van der Waals surface area contributed by atoms with Gasteiger partial charge in [0, 0.05) is 42.9 Å². The molecule has 1 amide bonds. The number of hydrogen-bond acceptors (Lipinski definition) is 6. The number of benzene rings is 1. The van der Waals surface area contributed by atoms with Crippen LogP contribution < -0.4 is 5.32 Å². The van der Waals surface area contributed by atoms with Crippen LogP contribution in [0.5, 0.6) is 0 Å². The van der Waals surface area contributed by atoms with E-state index in [0.29, 0.717) is 43.1 Å². The van der Waals surface area contributed by atoms with Gasteiger partial charge in [0.15, 0.2) is 0 Å². The molecular formula is C18H20N4O4. The van der Waals surface area contributed by atoms with Gasteiger partial charge in [-0.3, -0.25) is 14.6 Å². The zero-order chi connectivity index (χ0) is 18.4. The molecule has 0 aliphatic carbocycles. The third-order valence-corrected chi connectivity index (χ3v) is 4.14. The van der Waals surface area contributed by atoms with Gasteiger partial charge in [-0.25, -0.2) is 4.98 Å². The molecule has 0 saturated carbocycles. The monoisotopic (exact) mass is 356 g/mol. The lowest BCUT2D eigenvalue weighted by Gasteiger charge is -2.33. The van der Waals surface area contributed by atoms with Crippen molar-refractivity contribution in [3.8, 4) is 0 Å². The van der Waals surface area contributed by atoms with E-state index in [2.05, 4.69) is 15.3 Å². The molecule has 136 valence electrons. The van der Waals surface area contributed by atoms with Crippen LogP contribution in [-0.2, 0) is 9.53 Å². The number of aliphatic carboxylic acids is 1. The van der Waals surface area contributed by atoms with Crippen LogP contribution in [0.25, 0.3) is 0 Å². The molecule has 1 aromatic carbocycles. The van der Waals surface area contributed by atoms with Gasteiger partial charge < -0.3 is 20.1 Å². The highest BCUT2D eigenvalue weighted by atomic mass is 16.5. The van der Waals surface area contributed by atoms with E-state index in [1.807, 2.05) is 0 Å². The summed E-state index contributed by atoms with van der Waals surface area (Å²) in [5.41, 5.74) is 1.10. The molecule has 0 spiro atoms. The molecule has 0 unspecified atom stereocenters. The minimum absolute atomic E-state index is 0.135. The van der Waals surface area contributed by atoms with Crippen LogP contribution in [0.2, 0.25) is 0 Å². The van der Waals surface area contributed by atoms with Crippen LogP contribution in [0.3, 0.4) is 0 Å². The minimum atomic E-state index is -1.03. The second kappa shape index (κ2) is 8.39. The molecule has 2 N–H and O–H groups in total. The Hall–Kier alpha value is -3.00. The number of amides is 1. The van der Waals surface area contributed by atoms with Gasteiger partial charge in [0.1, 0.15) is 12.4 Å². The highest BCUT2D eigenvalue weighted by Crippen LogP contribution is 2.20. The summed E-state index contributed by atoms with van der Waals surface area (Å²) in [4.78, 5) is 33.7. The maximum absolute atomic E-state index is 13.0. The summed E-state index contributed by atoms with van der Waals surface area (Å²) in [5.74, 6) is -0.773. The van der Waals surface area contributed by atoms with Gasteiger partial charge in [-0.2, -0.15) is 0 Å². The second-order valence-corrected chi connectivity index (χ2v) is 5.97. The number of aromatic nitrogens is 2. The van der Waals surface area contributed by atoms with Crippen molar-refractivity contribution in [1.29, 1.82) is 0 Å². The van der Waals surface area contributed by atoms with Gasteiger partial charge in [-0.1, -0.05) is 6.07 Å². The Balaban J connectivity index is 1.79. The van der Waals surface area contributed by atoms with E-state index in [1.54, 1.807) is 42.9 Å². The molecule has 2 heterocycles. The molecule has 1 aromatic heterocycles. The van der Waals surface area contributed by atoms with Crippen molar-refractivity contribution in [2.75, 3.05) is 25.1 Å². The highest BCUT2D eigenvalue weighted by Gasteiger charge is 2.28. The molecule has 1 aliphatic rings. The molecule has 0 radical (unpaired) electrons. The Morgan fingerprint density at radius 2 is 2.08 bits per heavy atom. The Kier molecular flexibility index (Phi) is 5.75. The molecule has 1 fully saturated rings. The van der Waals surface area contributed by atoms with E-state index in [0.717, 1.165) is 0 Å². The SMILES string of the molecule is O=C(O)CN(C(=O)c1cccc(Nc2cnccn2)c1)C1CCOCC1. The lowest BCUT2D eigenvalue weighted by molar-refractivity contribution is -0.138. The Morgan fingerprint density at radius 1 is 1.27 bits per heavy atom. The molecule has 1 saturated heterocycles. The standard InChI is InChI=1S/C18H20N4O4/c23-17(24)12-22(15-4-8-26-9-5-15)18(25)13-2-1-3-14(10-13)21-16-11-19-6-7-20-16/h1-3,6-7,10-11,15H,4-5,8-9,12H2,(H,20,21)(H,23,24). The van der Waals surface area contributed by atoms with E-state index in [4.69, 9.17) is 4.74 Å². The number of anilines is 2. The van der Waals surface area contributed by atoms with Crippen molar-refractivity contribution in [2.24, 2.45) is 0 Å². The lowest BCUT2D eigenvalue weighted by atomic mass is 10.0. The zero-order valence-corrected chi connectivity index (χ0v) is 14.2. The molecule has 8 heteroatoms. The first-order chi connectivity index (χ1) is 12.6. The first-order valence-electron chi connectivity index (χ1n) is 8.37. The van der Waals surface area contributed by atoms with E-state index in [-0.39, 0.29) is 18.5 Å². The molecule has 0 bridgehead atoms. The van der Waals surface area contributed by atoms with Gasteiger partial charge in [0.25, 0.3) is 5.91 Å². The van der Waals surface area contributed by atoms with Gasteiger partial charge in [-0.15, -0.1) is 0 Å².